The van der Waals surface area contributed by atoms with Gasteiger partial charge in [0, 0.05) is 17.1 Å². The Hall–Kier alpha value is -4.04. The second-order valence-corrected chi connectivity index (χ2v) is 9.31. The Morgan fingerprint density at radius 2 is 1.06 bits per heavy atom. The first-order valence-corrected chi connectivity index (χ1v) is 11.6. The van der Waals surface area contributed by atoms with Crippen LogP contribution >= 0.6 is 0 Å². The number of aryl methyl sites for hydroxylation is 3. The summed E-state index contributed by atoms with van der Waals surface area (Å²) >= 11 is 0. The Bertz CT molecular complexity index is 1730. The van der Waals surface area contributed by atoms with Gasteiger partial charge in [0.1, 0.15) is 5.82 Å². The van der Waals surface area contributed by atoms with E-state index in [9.17, 15) is 4.39 Å². The molecule has 0 unspecified atom stereocenters. The van der Waals surface area contributed by atoms with Gasteiger partial charge < -0.3 is 0 Å². The molecule has 0 saturated heterocycles. The molecule has 0 fully saturated rings. The first kappa shape index (κ1) is 20.6. The second-order valence-electron chi connectivity index (χ2n) is 9.31. The van der Waals surface area contributed by atoms with Gasteiger partial charge in [-0.25, -0.2) is 4.39 Å². The number of nitrogens with zero attached hydrogens (tertiary/aromatic N) is 1. The van der Waals surface area contributed by atoms with E-state index >= 15 is 0 Å². The zero-order valence-electron chi connectivity index (χ0n) is 19.5. The van der Waals surface area contributed by atoms with Crippen molar-refractivity contribution in [3.05, 3.63) is 114 Å². The van der Waals surface area contributed by atoms with Gasteiger partial charge in [-0.05, 0) is 94.7 Å². The molecule has 0 saturated carbocycles. The molecule has 6 aromatic rings. The van der Waals surface area contributed by atoms with Crippen LogP contribution in [0.15, 0.2) is 91.1 Å². The number of halogens is 1. The van der Waals surface area contributed by atoms with E-state index in [-0.39, 0.29) is 5.82 Å². The standard InChI is InChI=1S/C32H24FN/c1-19-12-20(2)14-23(13-19)24-15-21(3)16-25(17-24)32-31-9-8-28-27-7-5-26(33)18-22(27)4-6-29(28)30(31)10-11-34-32/h4-18H,1-3H3. The third-order valence-corrected chi connectivity index (χ3v) is 6.63. The lowest BCUT2D eigenvalue weighted by molar-refractivity contribution is 0.630. The van der Waals surface area contributed by atoms with Gasteiger partial charge in [0.15, 0.2) is 0 Å². The maximum Gasteiger partial charge on any atom is 0.123 e. The van der Waals surface area contributed by atoms with Crippen molar-refractivity contribution in [2.24, 2.45) is 0 Å². The average molecular weight is 442 g/mol. The van der Waals surface area contributed by atoms with Crippen LogP contribution in [0, 0.1) is 26.6 Å². The summed E-state index contributed by atoms with van der Waals surface area (Å²) in [5.41, 5.74) is 8.26. The predicted octanol–water partition coefficient (Wildman–Crippen LogP) is 8.94. The fourth-order valence-electron chi connectivity index (χ4n) is 5.24. The van der Waals surface area contributed by atoms with Gasteiger partial charge in [-0.1, -0.05) is 65.7 Å². The van der Waals surface area contributed by atoms with Crippen LogP contribution in [0.4, 0.5) is 4.39 Å². The minimum Gasteiger partial charge on any atom is -0.256 e. The van der Waals surface area contributed by atoms with Crippen LogP contribution in [0.1, 0.15) is 16.7 Å². The quantitative estimate of drug-likeness (QED) is 0.244. The van der Waals surface area contributed by atoms with E-state index in [4.69, 9.17) is 4.98 Å². The zero-order chi connectivity index (χ0) is 23.4. The summed E-state index contributed by atoms with van der Waals surface area (Å²) in [7, 11) is 0. The van der Waals surface area contributed by atoms with Gasteiger partial charge >= 0.3 is 0 Å². The summed E-state index contributed by atoms with van der Waals surface area (Å²) in [5, 5.41) is 6.53. The lowest BCUT2D eigenvalue weighted by Gasteiger charge is -2.13. The van der Waals surface area contributed by atoms with Gasteiger partial charge in [-0.3, -0.25) is 4.98 Å². The topological polar surface area (TPSA) is 12.9 Å². The Morgan fingerprint density at radius 1 is 0.500 bits per heavy atom. The highest BCUT2D eigenvalue weighted by Crippen LogP contribution is 2.36. The maximum absolute atomic E-state index is 13.8. The van der Waals surface area contributed by atoms with Crippen molar-refractivity contribution in [2.45, 2.75) is 20.8 Å². The lowest BCUT2D eigenvalue weighted by Crippen LogP contribution is -1.91. The van der Waals surface area contributed by atoms with Gasteiger partial charge in [0.2, 0.25) is 0 Å². The van der Waals surface area contributed by atoms with Gasteiger partial charge in [-0.2, -0.15) is 0 Å². The summed E-state index contributed by atoms with van der Waals surface area (Å²) in [6.45, 7) is 6.42. The number of fused-ring (bicyclic) bond motifs is 5. The maximum atomic E-state index is 13.8. The van der Waals surface area contributed by atoms with E-state index in [0.29, 0.717) is 0 Å². The Labute approximate surface area is 198 Å². The fraction of sp³-hybridized carbons (Fsp3) is 0.0938. The van der Waals surface area contributed by atoms with Crippen molar-refractivity contribution in [3.63, 3.8) is 0 Å². The molecular weight excluding hydrogens is 417 g/mol. The summed E-state index contributed by atoms with van der Waals surface area (Å²) in [6.07, 6.45) is 1.89. The van der Waals surface area contributed by atoms with Gasteiger partial charge in [0.25, 0.3) is 0 Å². The summed E-state index contributed by atoms with van der Waals surface area (Å²) < 4.78 is 13.8. The molecule has 1 heterocycles. The number of aromatic nitrogens is 1. The van der Waals surface area contributed by atoms with Crippen LogP contribution in [-0.2, 0) is 0 Å². The molecule has 34 heavy (non-hydrogen) atoms. The summed E-state index contributed by atoms with van der Waals surface area (Å²) in [6, 6.07) is 28.9. The third kappa shape index (κ3) is 3.43. The van der Waals surface area contributed by atoms with Gasteiger partial charge in [-0.15, -0.1) is 0 Å². The highest BCUT2D eigenvalue weighted by molar-refractivity contribution is 6.18. The zero-order valence-corrected chi connectivity index (χ0v) is 19.5. The van der Waals surface area contributed by atoms with E-state index in [2.05, 4.69) is 81.4 Å². The monoisotopic (exact) mass is 441 g/mol. The molecule has 2 heteroatoms. The number of benzene rings is 5. The molecule has 1 aromatic heterocycles. The Balaban J connectivity index is 1.58. The molecule has 0 radical (unpaired) electrons. The largest absolute Gasteiger partial charge is 0.256 e. The smallest absolute Gasteiger partial charge is 0.123 e. The van der Waals surface area contributed by atoms with Crippen molar-refractivity contribution in [1.29, 1.82) is 0 Å². The van der Waals surface area contributed by atoms with Crippen molar-refractivity contribution in [2.75, 3.05) is 0 Å². The SMILES string of the molecule is Cc1cc(C)cc(-c2cc(C)cc(-c3nccc4c3ccc3c5ccc(F)cc5ccc43)c2)c1. The molecule has 5 aromatic carbocycles. The molecule has 0 aliphatic rings. The molecule has 0 aliphatic heterocycles. The van der Waals surface area contributed by atoms with E-state index in [0.717, 1.165) is 43.6 Å². The van der Waals surface area contributed by atoms with Gasteiger partial charge in [0.05, 0.1) is 5.69 Å². The first-order valence-electron chi connectivity index (χ1n) is 11.6. The molecule has 0 spiro atoms. The highest BCUT2D eigenvalue weighted by Gasteiger charge is 2.12. The highest BCUT2D eigenvalue weighted by atomic mass is 19.1. The van der Waals surface area contributed by atoms with E-state index in [1.807, 2.05) is 18.3 Å². The van der Waals surface area contributed by atoms with E-state index in [1.165, 1.54) is 33.9 Å². The van der Waals surface area contributed by atoms with Crippen molar-refractivity contribution >= 4 is 32.3 Å². The molecule has 6 rings (SSSR count). The van der Waals surface area contributed by atoms with Crippen LogP contribution in [0.25, 0.3) is 54.7 Å². The van der Waals surface area contributed by atoms with Crippen molar-refractivity contribution < 1.29 is 4.39 Å². The molecule has 0 amide bonds. The number of hydrogen-bond acceptors (Lipinski definition) is 1. The van der Waals surface area contributed by atoms with Crippen LogP contribution in [0.2, 0.25) is 0 Å². The number of hydrogen-bond donors (Lipinski definition) is 0. The van der Waals surface area contributed by atoms with E-state index in [1.54, 1.807) is 6.07 Å². The molecule has 0 N–H and O–H groups in total. The summed E-state index contributed by atoms with van der Waals surface area (Å²) in [4.78, 5) is 4.82. The van der Waals surface area contributed by atoms with Crippen LogP contribution < -0.4 is 0 Å². The summed E-state index contributed by atoms with van der Waals surface area (Å²) in [5.74, 6) is -0.210. The minimum atomic E-state index is -0.210. The second kappa shape index (κ2) is 7.78. The fourth-order valence-corrected chi connectivity index (χ4v) is 5.24. The Morgan fingerprint density at radius 3 is 1.85 bits per heavy atom. The average Bonchev–Trinajstić information content (AvgIpc) is 2.82. The normalized spacial score (nSPS) is 11.5. The molecule has 1 nitrogen and oxygen atoms in total. The number of pyridine rings is 1. The molecule has 164 valence electrons. The molecular formula is C32H24FN. The van der Waals surface area contributed by atoms with Crippen LogP contribution in [0.3, 0.4) is 0 Å². The Kier molecular flexibility index (Phi) is 4.70. The lowest BCUT2D eigenvalue weighted by atomic mass is 9.93. The van der Waals surface area contributed by atoms with Crippen LogP contribution in [-0.4, -0.2) is 4.98 Å². The number of rotatable bonds is 2. The molecule has 0 atom stereocenters. The molecule has 0 bridgehead atoms. The van der Waals surface area contributed by atoms with E-state index < -0.39 is 0 Å². The van der Waals surface area contributed by atoms with Crippen molar-refractivity contribution in [1.82, 2.24) is 4.98 Å². The predicted molar refractivity (Wildman–Crippen MR) is 142 cm³/mol. The third-order valence-electron chi connectivity index (χ3n) is 6.63. The minimum absolute atomic E-state index is 0.210. The van der Waals surface area contributed by atoms with Crippen LogP contribution in [0.5, 0.6) is 0 Å². The first-order chi connectivity index (χ1) is 16.5. The molecule has 0 aliphatic carbocycles. The van der Waals surface area contributed by atoms with Crippen molar-refractivity contribution in [3.8, 4) is 22.4 Å².